The van der Waals surface area contributed by atoms with Gasteiger partial charge in [-0.15, -0.1) is 0 Å². The van der Waals surface area contributed by atoms with Gasteiger partial charge < -0.3 is 31.5 Å². The molecule has 2 rings (SSSR count). The van der Waals surface area contributed by atoms with E-state index in [-0.39, 0.29) is 12.2 Å². The van der Waals surface area contributed by atoms with Crippen molar-refractivity contribution in [1.29, 1.82) is 0 Å². The number of aromatic nitrogens is 4. The lowest BCUT2D eigenvalue weighted by Crippen LogP contribution is -2.38. The molecule has 0 fully saturated rings. The predicted octanol–water partition coefficient (Wildman–Crippen LogP) is -1.19. The molecular weight excluding hydrogens is 364 g/mol. The van der Waals surface area contributed by atoms with Gasteiger partial charge in [0.05, 0.1) is 12.4 Å². The van der Waals surface area contributed by atoms with Crippen molar-refractivity contribution in [1.82, 2.24) is 19.5 Å². The number of aliphatic carboxylic acids is 1. The van der Waals surface area contributed by atoms with Crippen molar-refractivity contribution in [3.8, 4) is 0 Å². The first kappa shape index (κ1) is 20.3. The summed E-state index contributed by atoms with van der Waals surface area (Å²) in [6, 6.07) is -0.929. The monoisotopic (exact) mass is 386 g/mol. The molecular formula is C14H22N6O5S. The van der Waals surface area contributed by atoms with E-state index in [1.807, 2.05) is 0 Å². The van der Waals surface area contributed by atoms with Crippen molar-refractivity contribution in [3.63, 3.8) is 0 Å². The van der Waals surface area contributed by atoms with Crippen LogP contribution in [0.25, 0.3) is 11.2 Å². The SMILES string of the molecule is COC(CSCC[C@@H](N)C(=O)O)[C@@H](O)[C@@H](O)n1cnc2c(N)ncnc21. The van der Waals surface area contributed by atoms with Gasteiger partial charge in [0.15, 0.2) is 17.7 Å². The maximum atomic E-state index is 10.7. The number of nitrogens with two attached hydrogens (primary N) is 2. The van der Waals surface area contributed by atoms with Crippen LogP contribution in [0.1, 0.15) is 12.6 Å². The van der Waals surface area contributed by atoms with Crippen LogP contribution < -0.4 is 11.5 Å². The average molecular weight is 386 g/mol. The molecule has 0 amide bonds. The van der Waals surface area contributed by atoms with Crippen LogP contribution in [0.3, 0.4) is 0 Å². The first-order chi connectivity index (χ1) is 12.4. The molecule has 0 saturated heterocycles. The van der Waals surface area contributed by atoms with Crippen molar-refractivity contribution in [2.24, 2.45) is 5.73 Å². The zero-order valence-corrected chi connectivity index (χ0v) is 14.9. The number of methoxy groups -OCH3 is 1. The maximum absolute atomic E-state index is 10.7. The molecule has 2 aromatic heterocycles. The fourth-order valence-corrected chi connectivity index (χ4v) is 3.41. The highest BCUT2D eigenvalue weighted by molar-refractivity contribution is 7.99. The summed E-state index contributed by atoms with van der Waals surface area (Å²) in [5.41, 5.74) is 11.8. The molecule has 0 bridgehead atoms. The average Bonchev–Trinajstić information content (AvgIpc) is 3.05. The van der Waals surface area contributed by atoms with Crippen molar-refractivity contribution in [3.05, 3.63) is 12.7 Å². The molecule has 0 aliphatic carbocycles. The van der Waals surface area contributed by atoms with Gasteiger partial charge in [0, 0.05) is 12.9 Å². The number of aliphatic hydroxyl groups excluding tert-OH is 2. The standard InChI is InChI=1S/C14H22N6O5S/c1-25-8(4-26-3-2-7(15)14(23)24)10(21)13(22)20-6-19-9-11(16)17-5-18-12(9)20/h5-8,10,13,21-22H,2-4,15H2,1H3,(H,23,24)(H2,16,17,18)/t7-,8?,10-,13-/m1/s1. The van der Waals surface area contributed by atoms with Gasteiger partial charge in [-0.3, -0.25) is 9.36 Å². The lowest BCUT2D eigenvalue weighted by molar-refractivity contribution is -0.138. The van der Waals surface area contributed by atoms with Crippen LogP contribution in [-0.4, -0.2) is 77.7 Å². The van der Waals surface area contributed by atoms with Gasteiger partial charge in [-0.05, 0) is 12.2 Å². The second-order valence-corrected chi connectivity index (χ2v) is 6.72. The van der Waals surface area contributed by atoms with Crippen LogP contribution in [0.5, 0.6) is 0 Å². The summed E-state index contributed by atoms with van der Waals surface area (Å²) < 4.78 is 6.54. The summed E-state index contributed by atoms with van der Waals surface area (Å²) in [5.74, 6) is -0.0692. The Morgan fingerprint density at radius 2 is 2.12 bits per heavy atom. The van der Waals surface area contributed by atoms with Crippen molar-refractivity contribution < 1.29 is 24.9 Å². The summed E-state index contributed by atoms with van der Waals surface area (Å²) in [6.07, 6.45) is -0.486. The smallest absolute Gasteiger partial charge is 0.320 e. The second-order valence-electron chi connectivity index (χ2n) is 5.57. The first-order valence-corrected chi connectivity index (χ1v) is 8.90. The molecule has 2 heterocycles. The third-order valence-electron chi connectivity index (χ3n) is 3.83. The van der Waals surface area contributed by atoms with Gasteiger partial charge in [-0.2, -0.15) is 11.8 Å². The van der Waals surface area contributed by atoms with E-state index in [0.29, 0.717) is 22.7 Å². The highest BCUT2D eigenvalue weighted by atomic mass is 32.2. The summed E-state index contributed by atoms with van der Waals surface area (Å²) in [4.78, 5) is 22.6. The van der Waals surface area contributed by atoms with Gasteiger partial charge >= 0.3 is 5.97 Å². The van der Waals surface area contributed by atoms with Crippen molar-refractivity contribution in [2.45, 2.75) is 30.9 Å². The lowest BCUT2D eigenvalue weighted by Gasteiger charge is -2.26. The largest absolute Gasteiger partial charge is 0.480 e. The van der Waals surface area contributed by atoms with E-state index in [2.05, 4.69) is 15.0 Å². The Bertz CT molecular complexity index is 744. The Morgan fingerprint density at radius 3 is 2.77 bits per heavy atom. The maximum Gasteiger partial charge on any atom is 0.320 e. The van der Waals surface area contributed by atoms with E-state index < -0.39 is 30.4 Å². The van der Waals surface area contributed by atoms with Gasteiger partial charge in [0.1, 0.15) is 24.0 Å². The first-order valence-electron chi connectivity index (χ1n) is 7.74. The molecule has 11 nitrogen and oxygen atoms in total. The number of ether oxygens (including phenoxy) is 1. The number of carboxylic acid groups (broad SMARTS) is 1. The van der Waals surface area contributed by atoms with Crippen LogP contribution in [0.4, 0.5) is 5.82 Å². The van der Waals surface area contributed by atoms with Gasteiger partial charge in [0.25, 0.3) is 0 Å². The topological polar surface area (TPSA) is 183 Å². The van der Waals surface area contributed by atoms with E-state index in [1.54, 1.807) is 0 Å². The zero-order valence-electron chi connectivity index (χ0n) is 14.1. The van der Waals surface area contributed by atoms with Crippen LogP contribution in [-0.2, 0) is 9.53 Å². The predicted molar refractivity (Wildman–Crippen MR) is 95.3 cm³/mol. The molecule has 0 aromatic carbocycles. The summed E-state index contributed by atoms with van der Waals surface area (Å²) >= 11 is 1.37. The fourth-order valence-electron chi connectivity index (χ4n) is 2.26. The Morgan fingerprint density at radius 1 is 1.38 bits per heavy atom. The minimum Gasteiger partial charge on any atom is -0.480 e. The molecule has 12 heteroatoms. The number of carbonyl (C=O) groups is 1. The molecule has 0 aliphatic heterocycles. The minimum absolute atomic E-state index is 0.170. The molecule has 7 N–H and O–H groups in total. The van der Waals surface area contributed by atoms with E-state index in [9.17, 15) is 15.0 Å². The normalized spacial score (nSPS) is 16.3. The van der Waals surface area contributed by atoms with Gasteiger partial charge in [0.2, 0.25) is 0 Å². The molecule has 26 heavy (non-hydrogen) atoms. The zero-order chi connectivity index (χ0) is 19.3. The number of rotatable bonds is 10. The third-order valence-corrected chi connectivity index (χ3v) is 4.92. The van der Waals surface area contributed by atoms with E-state index in [0.717, 1.165) is 0 Å². The van der Waals surface area contributed by atoms with E-state index in [1.165, 1.54) is 36.1 Å². The van der Waals surface area contributed by atoms with Crippen LogP contribution in [0.2, 0.25) is 0 Å². The molecule has 0 aliphatic rings. The molecule has 2 aromatic rings. The number of fused-ring (bicyclic) bond motifs is 1. The third kappa shape index (κ3) is 4.59. The quantitative estimate of drug-likeness (QED) is 0.309. The summed E-state index contributed by atoms with van der Waals surface area (Å²) in [5, 5.41) is 29.7. The number of nitrogens with zero attached hydrogens (tertiary/aromatic N) is 4. The summed E-state index contributed by atoms with van der Waals surface area (Å²) in [6.45, 7) is 0. The van der Waals surface area contributed by atoms with Crippen molar-refractivity contribution in [2.75, 3.05) is 24.3 Å². The number of carboxylic acids is 1. The fraction of sp³-hybridized carbons (Fsp3) is 0.571. The number of anilines is 1. The van der Waals surface area contributed by atoms with Gasteiger partial charge in [-0.25, -0.2) is 15.0 Å². The second kappa shape index (κ2) is 9.09. The number of imidazole rings is 1. The molecule has 0 saturated carbocycles. The van der Waals surface area contributed by atoms with Crippen LogP contribution >= 0.6 is 11.8 Å². The lowest BCUT2D eigenvalue weighted by atomic mass is 10.2. The molecule has 1 unspecified atom stereocenters. The van der Waals surface area contributed by atoms with E-state index >= 15 is 0 Å². The highest BCUT2D eigenvalue weighted by Crippen LogP contribution is 2.22. The molecule has 4 atom stereocenters. The molecule has 0 radical (unpaired) electrons. The van der Waals surface area contributed by atoms with Crippen LogP contribution in [0, 0.1) is 0 Å². The number of thioether (sulfide) groups is 1. The molecule has 144 valence electrons. The number of hydrogen-bond donors (Lipinski definition) is 5. The number of aliphatic hydroxyl groups is 2. The highest BCUT2D eigenvalue weighted by Gasteiger charge is 2.29. The van der Waals surface area contributed by atoms with E-state index in [4.69, 9.17) is 21.3 Å². The van der Waals surface area contributed by atoms with Gasteiger partial charge in [-0.1, -0.05) is 0 Å². The number of nitrogen functional groups attached to an aromatic ring is 1. The number of hydrogen-bond acceptors (Lipinski definition) is 10. The Labute approximate surface area is 153 Å². The Kier molecular flexibility index (Phi) is 7.11. The Hall–Kier alpha value is -1.99. The van der Waals surface area contributed by atoms with Crippen molar-refractivity contribution >= 4 is 34.7 Å². The minimum atomic E-state index is -1.36. The molecule has 0 spiro atoms. The van der Waals surface area contributed by atoms with Crippen LogP contribution in [0.15, 0.2) is 12.7 Å². The Balaban J connectivity index is 1.99. The summed E-state index contributed by atoms with van der Waals surface area (Å²) in [7, 11) is 1.41.